The van der Waals surface area contributed by atoms with Crippen molar-refractivity contribution in [3.8, 4) is 11.5 Å². The predicted octanol–water partition coefficient (Wildman–Crippen LogP) is 5.49. The number of aromatic nitrogens is 2. The third kappa shape index (κ3) is 4.88. The fourth-order valence-corrected chi connectivity index (χ4v) is 6.05. The second-order valence-electron chi connectivity index (χ2n) is 10.7. The summed E-state index contributed by atoms with van der Waals surface area (Å²) in [6.07, 6.45) is 2.75. The summed E-state index contributed by atoms with van der Waals surface area (Å²) in [6.45, 7) is 6.92. The summed E-state index contributed by atoms with van der Waals surface area (Å²) >= 11 is 5.95. The highest BCUT2D eigenvalue weighted by Gasteiger charge is 2.43. The van der Waals surface area contributed by atoms with Crippen molar-refractivity contribution in [1.29, 1.82) is 0 Å². The first-order valence-corrected chi connectivity index (χ1v) is 13.7. The van der Waals surface area contributed by atoms with Gasteiger partial charge in [0.2, 0.25) is 0 Å². The van der Waals surface area contributed by atoms with Gasteiger partial charge in [-0.2, -0.15) is 0 Å². The van der Waals surface area contributed by atoms with E-state index in [9.17, 15) is 14.3 Å². The number of benzene rings is 2. The third-order valence-corrected chi connectivity index (χ3v) is 8.26. The van der Waals surface area contributed by atoms with Crippen LogP contribution in [0.5, 0.6) is 11.5 Å². The van der Waals surface area contributed by atoms with Crippen molar-refractivity contribution in [2.75, 3.05) is 19.7 Å². The highest BCUT2D eigenvalue weighted by atomic mass is 35.5. The molecule has 6 rings (SSSR count). The van der Waals surface area contributed by atoms with Crippen molar-refractivity contribution >= 4 is 17.6 Å². The number of imidazole rings is 1. The average molecular weight is 556 g/mol. The van der Waals surface area contributed by atoms with Crippen LogP contribution in [0.4, 0.5) is 4.39 Å². The number of likely N-dealkylation sites (tertiary alicyclic amines) is 1. The summed E-state index contributed by atoms with van der Waals surface area (Å²) in [5, 5.41) is 10.1. The maximum atomic E-state index is 14.7. The van der Waals surface area contributed by atoms with Crippen molar-refractivity contribution in [3.63, 3.8) is 0 Å². The van der Waals surface area contributed by atoms with Gasteiger partial charge < -0.3 is 23.9 Å². The second-order valence-corrected chi connectivity index (χ2v) is 11.1. The van der Waals surface area contributed by atoms with Crippen LogP contribution in [0, 0.1) is 12.7 Å². The lowest BCUT2D eigenvalue weighted by atomic mass is 9.88. The largest absolute Gasteiger partial charge is 0.477 e. The highest BCUT2D eigenvalue weighted by molar-refractivity contribution is 6.30. The molecule has 3 aliphatic rings. The molecule has 1 N–H and O–H groups in total. The van der Waals surface area contributed by atoms with Gasteiger partial charge in [-0.3, -0.25) is 4.90 Å². The van der Waals surface area contributed by atoms with Gasteiger partial charge in [-0.1, -0.05) is 23.7 Å². The van der Waals surface area contributed by atoms with E-state index in [0.29, 0.717) is 40.9 Å². The number of rotatable bonds is 7. The molecular formula is C29H31ClFN3O5. The van der Waals surface area contributed by atoms with E-state index in [0.717, 1.165) is 50.3 Å². The van der Waals surface area contributed by atoms with Crippen molar-refractivity contribution in [2.45, 2.75) is 64.0 Å². The van der Waals surface area contributed by atoms with Gasteiger partial charge in [0.05, 0.1) is 30.5 Å². The Morgan fingerprint density at radius 2 is 1.97 bits per heavy atom. The van der Waals surface area contributed by atoms with E-state index in [4.69, 9.17) is 25.8 Å². The average Bonchev–Trinajstić information content (AvgIpc) is 3.37. The lowest BCUT2D eigenvalue weighted by Gasteiger charge is -2.33. The number of para-hydroxylation sites is 1. The van der Waals surface area contributed by atoms with Crippen LogP contribution in [-0.4, -0.2) is 51.3 Å². The molecule has 1 aromatic heterocycles. The minimum absolute atomic E-state index is 0.0376. The molecular weight excluding hydrogens is 525 g/mol. The maximum Gasteiger partial charge on any atom is 0.354 e. The van der Waals surface area contributed by atoms with Gasteiger partial charge in [0.25, 0.3) is 5.79 Å². The molecule has 0 unspecified atom stereocenters. The quantitative estimate of drug-likeness (QED) is 0.412. The Labute approximate surface area is 231 Å². The molecule has 3 aliphatic heterocycles. The van der Waals surface area contributed by atoms with Gasteiger partial charge in [0, 0.05) is 24.1 Å². The number of aryl methyl sites for hydroxylation is 1. The predicted molar refractivity (Wildman–Crippen MR) is 142 cm³/mol. The first-order chi connectivity index (χ1) is 18.7. The number of nitrogens with zero attached hydrogens (tertiary/aromatic N) is 3. The van der Waals surface area contributed by atoms with Crippen LogP contribution < -0.4 is 9.47 Å². The molecule has 0 aliphatic carbocycles. The number of carboxylic acid groups (broad SMARTS) is 1. The Balaban J connectivity index is 1.16. The second kappa shape index (κ2) is 10.1. The Bertz CT molecular complexity index is 1420. The molecule has 2 fully saturated rings. The van der Waals surface area contributed by atoms with Gasteiger partial charge in [0.1, 0.15) is 17.3 Å². The molecule has 0 spiro atoms. The summed E-state index contributed by atoms with van der Waals surface area (Å²) in [7, 11) is 0. The van der Waals surface area contributed by atoms with Crippen LogP contribution >= 0.6 is 11.6 Å². The van der Waals surface area contributed by atoms with Crippen LogP contribution in [-0.2, 0) is 23.6 Å². The lowest BCUT2D eigenvalue weighted by molar-refractivity contribution is -0.0712. The molecule has 8 nitrogen and oxygen atoms in total. The molecule has 3 aromatic rings. The van der Waals surface area contributed by atoms with E-state index in [1.165, 1.54) is 6.07 Å². The summed E-state index contributed by atoms with van der Waals surface area (Å²) in [5.41, 5.74) is 2.12. The number of ether oxygens (including phenoxy) is 3. The van der Waals surface area contributed by atoms with Gasteiger partial charge >= 0.3 is 5.97 Å². The molecule has 10 heteroatoms. The number of carbonyl (C=O) groups is 1. The van der Waals surface area contributed by atoms with E-state index < -0.39 is 17.6 Å². The number of hydrogen-bond acceptors (Lipinski definition) is 6. The normalized spacial score (nSPS) is 23.1. The Morgan fingerprint density at radius 3 is 2.64 bits per heavy atom. The number of halogens is 2. The van der Waals surface area contributed by atoms with E-state index in [2.05, 4.69) is 16.0 Å². The summed E-state index contributed by atoms with van der Waals surface area (Å²) in [5.74, 6) is -0.455. The fraction of sp³-hybridized carbons (Fsp3) is 0.448. The Hall–Kier alpha value is -3.14. The van der Waals surface area contributed by atoms with Gasteiger partial charge in [0.15, 0.2) is 11.5 Å². The van der Waals surface area contributed by atoms with Crippen molar-refractivity contribution in [1.82, 2.24) is 14.5 Å². The van der Waals surface area contributed by atoms with Crippen molar-refractivity contribution < 1.29 is 28.5 Å². The minimum Gasteiger partial charge on any atom is -0.477 e. The monoisotopic (exact) mass is 555 g/mol. The number of carboxylic acids is 1. The van der Waals surface area contributed by atoms with Crippen LogP contribution in [0.2, 0.25) is 5.02 Å². The number of piperidine rings is 1. The summed E-state index contributed by atoms with van der Waals surface area (Å²) < 4.78 is 34.6. The zero-order chi connectivity index (χ0) is 27.3. The van der Waals surface area contributed by atoms with E-state index in [1.807, 2.05) is 16.7 Å². The van der Waals surface area contributed by atoms with Crippen LogP contribution in [0.25, 0.3) is 0 Å². The lowest BCUT2D eigenvalue weighted by Crippen LogP contribution is -2.36. The van der Waals surface area contributed by atoms with Gasteiger partial charge in [-0.05, 0) is 69.5 Å². The third-order valence-electron chi connectivity index (χ3n) is 8.03. The van der Waals surface area contributed by atoms with E-state index in [1.54, 1.807) is 26.0 Å². The summed E-state index contributed by atoms with van der Waals surface area (Å²) in [4.78, 5) is 18.9. The zero-order valence-electron chi connectivity index (χ0n) is 22.0. The Kier molecular flexibility index (Phi) is 6.77. The van der Waals surface area contributed by atoms with Gasteiger partial charge in [-0.15, -0.1) is 0 Å². The van der Waals surface area contributed by atoms with Crippen LogP contribution in [0.3, 0.4) is 0 Å². The Morgan fingerprint density at radius 1 is 1.21 bits per heavy atom. The van der Waals surface area contributed by atoms with Crippen molar-refractivity contribution in [2.24, 2.45) is 0 Å². The first-order valence-electron chi connectivity index (χ1n) is 13.3. The SMILES string of the molecule is Cc1nc(CN2CCC(c3cccc4c3O[C@@](C)(c3ccc(Cl)cc3F)O4)CC2)n(C[C@@H]2CCO2)c1C(=O)O. The first kappa shape index (κ1) is 26.1. The maximum absolute atomic E-state index is 14.7. The smallest absolute Gasteiger partial charge is 0.354 e. The molecule has 206 valence electrons. The standard InChI is InChI=1S/C29H31ClFN3O5/c1-17-26(28(35)36)34(15-20-10-13-37-20)25(32-17)16-33-11-8-18(9-12-33)21-4-3-5-24-27(21)39-29(2,38-24)22-7-6-19(30)14-23(22)31/h3-7,14,18,20H,8-13,15-16H2,1-2H3,(H,35,36)/t20-,29-/m0/s1. The molecule has 4 heterocycles. The van der Waals surface area contributed by atoms with E-state index in [-0.39, 0.29) is 17.7 Å². The zero-order valence-corrected chi connectivity index (χ0v) is 22.7. The van der Waals surface area contributed by atoms with Crippen LogP contribution in [0.15, 0.2) is 36.4 Å². The molecule has 0 amide bonds. The molecule has 0 radical (unpaired) electrons. The van der Waals surface area contributed by atoms with E-state index >= 15 is 0 Å². The highest BCUT2D eigenvalue weighted by Crippen LogP contribution is 2.49. The molecule has 39 heavy (non-hydrogen) atoms. The molecule has 0 saturated carbocycles. The number of fused-ring (bicyclic) bond motifs is 1. The fourth-order valence-electron chi connectivity index (χ4n) is 5.89. The molecule has 2 atom stereocenters. The molecule has 0 bridgehead atoms. The molecule has 2 saturated heterocycles. The topological polar surface area (TPSA) is 86.0 Å². The van der Waals surface area contributed by atoms with Crippen LogP contribution in [0.1, 0.15) is 65.2 Å². The molecule has 2 aromatic carbocycles. The number of aromatic carboxylic acids is 1. The van der Waals surface area contributed by atoms with Crippen molar-refractivity contribution in [3.05, 3.63) is 75.6 Å². The number of hydrogen-bond donors (Lipinski definition) is 1. The minimum atomic E-state index is -1.28. The summed E-state index contributed by atoms with van der Waals surface area (Å²) in [6, 6.07) is 10.3. The van der Waals surface area contributed by atoms with Gasteiger partial charge in [-0.25, -0.2) is 14.2 Å².